The van der Waals surface area contributed by atoms with E-state index in [-0.39, 0.29) is 0 Å². The maximum Gasteiger partial charge on any atom is 0.164 e. The van der Waals surface area contributed by atoms with E-state index in [0.29, 0.717) is 23.4 Å². The summed E-state index contributed by atoms with van der Waals surface area (Å²) in [5.41, 5.74) is 15.8. The van der Waals surface area contributed by atoms with Crippen LogP contribution in [0.2, 0.25) is 0 Å². The fourth-order valence-corrected chi connectivity index (χ4v) is 12.8. The zero-order chi connectivity index (χ0) is 49.4. The number of aromatic nitrogens is 4. The molecule has 0 fully saturated rings. The summed E-state index contributed by atoms with van der Waals surface area (Å²) >= 11 is 1.87. The predicted molar refractivity (Wildman–Crippen MR) is 313 cm³/mol. The molecule has 0 saturated carbocycles. The van der Waals surface area contributed by atoms with E-state index in [1.807, 2.05) is 23.5 Å². The molecular weight excluding hydrogens is 933 g/mol. The highest BCUT2D eigenvalue weighted by Crippen LogP contribution is 2.49. The van der Waals surface area contributed by atoms with Crippen LogP contribution in [-0.4, -0.2) is 19.5 Å². The van der Waals surface area contributed by atoms with E-state index in [2.05, 4.69) is 241 Å². The molecule has 0 N–H and O–H groups in total. The molecule has 352 valence electrons. The Balaban J connectivity index is 0.981. The van der Waals surface area contributed by atoms with Gasteiger partial charge in [0.1, 0.15) is 11.2 Å². The quantitative estimate of drug-likeness (QED) is 0.152. The molecule has 1 atom stereocenters. The van der Waals surface area contributed by atoms with Crippen molar-refractivity contribution in [1.29, 1.82) is 0 Å². The Morgan fingerprint density at radius 1 is 0.400 bits per heavy atom. The van der Waals surface area contributed by atoms with Gasteiger partial charge in [-0.05, 0) is 76.7 Å². The number of hydrogen-bond donors (Lipinski definition) is 0. The van der Waals surface area contributed by atoms with Crippen LogP contribution in [0.25, 0.3) is 137 Å². The van der Waals surface area contributed by atoms with Gasteiger partial charge in [0.15, 0.2) is 17.5 Å². The van der Waals surface area contributed by atoms with Crippen molar-refractivity contribution in [2.75, 3.05) is 0 Å². The van der Waals surface area contributed by atoms with Crippen molar-refractivity contribution in [2.24, 2.45) is 0 Å². The van der Waals surface area contributed by atoms with Crippen LogP contribution >= 0.6 is 11.3 Å². The fraction of sp³-hybridized carbons (Fsp3) is 0.0290. The van der Waals surface area contributed by atoms with Crippen molar-refractivity contribution < 1.29 is 4.42 Å². The summed E-state index contributed by atoms with van der Waals surface area (Å²) in [6, 6.07) is 80.2. The van der Waals surface area contributed by atoms with Crippen LogP contribution in [0, 0.1) is 0 Å². The molecule has 1 aliphatic carbocycles. The number of benzene rings is 10. The molecule has 0 bridgehead atoms. The van der Waals surface area contributed by atoms with Gasteiger partial charge in [-0.25, -0.2) is 15.0 Å². The van der Waals surface area contributed by atoms with Crippen LogP contribution in [0.4, 0.5) is 0 Å². The molecule has 4 heterocycles. The second-order valence-electron chi connectivity index (χ2n) is 19.4. The average molecular weight is 977 g/mol. The Morgan fingerprint density at radius 3 is 1.59 bits per heavy atom. The third kappa shape index (κ3) is 7.25. The van der Waals surface area contributed by atoms with Crippen LogP contribution < -0.4 is 0 Å². The summed E-state index contributed by atoms with van der Waals surface area (Å²) in [5.74, 6) is 2.16. The number of nitrogens with zero attached hydrogens (tertiary/aromatic N) is 4. The first-order valence-electron chi connectivity index (χ1n) is 25.5. The average Bonchev–Trinajstić information content (AvgIpc) is 4.30. The van der Waals surface area contributed by atoms with E-state index < -0.39 is 0 Å². The summed E-state index contributed by atoms with van der Waals surface area (Å²) in [6.45, 7) is 0. The highest BCUT2D eigenvalue weighted by atomic mass is 32.1. The SMILES string of the molecule is C1=CCC(c2ccc(-c3nc(-c4ccc(-c5ccccc5)cc4)nc(-c4cc(-c5ccccc5)c(-n5c6ccccc6c6c7sc8c(ccc9oc%10ccccc%10c98)c7ccc65)c(-c5ccccc5)c4)n3)cc2)C=C1. The summed E-state index contributed by atoms with van der Waals surface area (Å²) in [4.78, 5) is 16.0. The number of rotatable bonds is 8. The highest BCUT2D eigenvalue weighted by Gasteiger charge is 2.25. The molecule has 0 spiro atoms. The lowest BCUT2D eigenvalue weighted by molar-refractivity contribution is 0.669. The fourth-order valence-electron chi connectivity index (χ4n) is 11.4. The molecule has 6 heteroatoms. The molecule has 10 aromatic carbocycles. The van der Waals surface area contributed by atoms with E-state index in [9.17, 15) is 0 Å². The molecule has 0 saturated heterocycles. The first kappa shape index (κ1) is 43.1. The van der Waals surface area contributed by atoms with Gasteiger partial charge in [0.2, 0.25) is 0 Å². The lowest BCUT2D eigenvalue weighted by Crippen LogP contribution is -2.04. The van der Waals surface area contributed by atoms with Crippen LogP contribution in [0.15, 0.2) is 253 Å². The number of allylic oxidation sites excluding steroid dienone is 4. The smallest absolute Gasteiger partial charge is 0.164 e. The van der Waals surface area contributed by atoms with Gasteiger partial charge < -0.3 is 8.98 Å². The molecule has 0 radical (unpaired) electrons. The van der Waals surface area contributed by atoms with Gasteiger partial charge in [-0.15, -0.1) is 11.3 Å². The lowest BCUT2D eigenvalue weighted by Gasteiger charge is -2.21. The summed E-state index contributed by atoms with van der Waals surface area (Å²) in [7, 11) is 0. The molecule has 4 aromatic heterocycles. The minimum absolute atomic E-state index is 0.336. The van der Waals surface area contributed by atoms with Crippen LogP contribution in [0.1, 0.15) is 17.9 Å². The molecule has 0 amide bonds. The molecular formula is C69H44N4OS. The van der Waals surface area contributed by atoms with Crippen molar-refractivity contribution in [1.82, 2.24) is 19.5 Å². The minimum atomic E-state index is 0.336. The maximum absolute atomic E-state index is 6.42. The maximum atomic E-state index is 6.42. The Labute approximate surface area is 436 Å². The normalized spacial score (nSPS) is 13.6. The molecule has 14 aromatic rings. The number of furan rings is 1. The van der Waals surface area contributed by atoms with Crippen LogP contribution in [0.3, 0.4) is 0 Å². The number of fused-ring (bicyclic) bond motifs is 11. The van der Waals surface area contributed by atoms with E-state index in [0.717, 1.165) is 89.8 Å². The third-order valence-electron chi connectivity index (χ3n) is 15.0. The molecule has 1 unspecified atom stereocenters. The van der Waals surface area contributed by atoms with E-state index in [4.69, 9.17) is 19.4 Å². The van der Waals surface area contributed by atoms with Gasteiger partial charge >= 0.3 is 0 Å². The van der Waals surface area contributed by atoms with Crippen molar-refractivity contribution in [3.8, 4) is 73.2 Å². The molecule has 15 rings (SSSR count). The topological polar surface area (TPSA) is 56.7 Å². The molecule has 0 aliphatic heterocycles. The third-order valence-corrected chi connectivity index (χ3v) is 16.3. The number of hydrogen-bond acceptors (Lipinski definition) is 5. The van der Waals surface area contributed by atoms with Crippen LogP contribution in [0.5, 0.6) is 0 Å². The Hall–Kier alpha value is -9.49. The van der Waals surface area contributed by atoms with Gasteiger partial charge in [0, 0.05) is 75.5 Å². The molecule has 5 nitrogen and oxygen atoms in total. The Morgan fingerprint density at radius 2 is 0.933 bits per heavy atom. The zero-order valence-electron chi connectivity index (χ0n) is 40.6. The molecule has 1 aliphatic rings. The van der Waals surface area contributed by atoms with Crippen molar-refractivity contribution >= 4 is 75.3 Å². The van der Waals surface area contributed by atoms with Crippen LogP contribution in [-0.2, 0) is 0 Å². The lowest BCUT2D eigenvalue weighted by atomic mass is 9.92. The summed E-state index contributed by atoms with van der Waals surface area (Å²) < 4.78 is 11.4. The zero-order valence-corrected chi connectivity index (χ0v) is 41.4. The number of thiophene rings is 1. The largest absolute Gasteiger partial charge is 0.456 e. The Kier molecular flexibility index (Phi) is 10.1. The monoisotopic (exact) mass is 976 g/mol. The second-order valence-corrected chi connectivity index (χ2v) is 20.4. The predicted octanol–water partition coefficient (Wildman–Crippen LogP) is 18.8. The van der Waals surface area contributed by atoms with E-state index >= 15 is 0 Å². The molecule has 75 heavy (non-hydrogen) atoms. The summed E-state index contributed by atoms with van der Waals surface area (Å²) in [6.07, 6.45) is 9.75. The number of para-hydroxylation sites is 2. The van der Waals surface area contributed by atoms with Crippen molar-refractivity contribution in [2.45, 2.75) is 12.3 Å². The van der Waals surface area contributed by atoms with Gasteiger partial charge in [0.05, 0.1) is 16.7 Å². The van der Waals surface area contributed by atoms with Gasteiger partial charge in [0.25, 0.3) is 0 Å². The van der Waals surface area contributed by atoms with Gasteiger partial charge in [-0.2, -0.15) is 0 Å². The van der Waals surface area contributed by atoms with E-state index in [1.165, 1.54) is 41.9 Å². The highest BCUT2D eigenvalue weighted by molar-refractivity contribution is 7.27. The first-order chi connectivity index (χ1) is 37.2. The van der Waals surface area contributed by atoms with Gasteiger partial charge in [-0.3, -0.25) is 0 Å². The van der Waals surface area contributed by atoms with Gasteiger partial charge in [-0.1, -0.05) is 206 Å². The standard InChI is InChI=1S/C69H44N4OS/c1-5-17-43(18-6-1)45-29-33-49(34-30-45)67-70-68(50-35-31-46(32-36-50)44-19-7-2-8-20-44)72-69(71-67)51-41-56(47-21-9-3-10-22-47)64(57(42-51)48-23-11-4-12-24-48)73-58-27-15-13-25-54(58)62-59(73)39-37-52-53-38-40-61-63(66(53)75-65(52)62)55-26-14-16-28-60(55)74-61/h1-19,21-42,44H,20H2. The van der Waals surface area contributed by atoms with E-state index in [1.54, 1.807) is 0 Å². The van der Waals surface area contributed by atoms with Crippen molar-refractivity contribution in [3.63, 3.8) is 0 Å². The first-order valence-corrected chi connectivity index (χ1v) is 26.3. The second kappa shape index (κ2) is 17.6. The summed E-state index contributed by atoms with van der Waals surface area (Å²) in [5, 5.41) is 7.24. The van der Waals surface area contributed by atoms with Crippen molar-refractivity contribution in [3.05, 3.63) is 254 Å². The Bertz CT molecular complexity index is 4530. The minimum Gasteiger partial charge on any atom is -0.456 e.